The van der Waals surface area contributed by atoms with E-state index in [1.54, 1.807) is 24.3 Å². The second-order valence-corrected chi connectivity index (χ2v) is 10.0. The number of ether oxygens (including phenoxy) is 1. The number of unbranched alkanes of at least 4 members (excludes halogenated alkanes) is 1. The minimum Gasteiger partial charge on any atom is -0.508 e. The van der Waals surface area contributed by atoms with E-state index in [1.807, 2.05) is 53.1 Å². The normalized spacial score (nSPS) is 11.9. The summed E-state index contributed by atoms with van der Waals surface area (Å²) in [6.07, 6.45) is 2.82. The molecule has 0 aliphatic rings. The van der Waals surface area contributed by atoms with Gasteiger partial charge in [0, 0.05) is 12.0 Å². The van der Waals surface area contributed by atoms with Crippen molar-refractivity contribution in [2.75, 3.05) is 0 Å². The number of tetrazole rings is 1. The monoisotopic (exact) mass is 571 g/mol. The number of phenolic OH excluding ortho intramolecular Hbond substituents is 1. The van der Waals surface area contributed by atoms with Crippen molar-refractivity contribution in [3.05, 3.63) is 94.9 Å². The summed E-state index contributed by atoms with van der Waals surface area (Å²) >= 11 is 6.50. The number of esters is 1. The van der Waals surface area contributed by atoms with Crippen LogP contribution in [0.25, 0.3) is 22.5 Å². The highest BCUT2D eigenvalue weighted by Gasteiger charge is 2.24. The summed E-state index contributed by atoms with van der Waals surface area (Å²) in [5.74, 6) is 0.961. The first kappa shape index (κ1) is 28.0. The molecule has 0 amide bonds. The molecule has 0 bridgehead atoms. The third kappa shape index (κ3) is 6.62. The Bertz CT molecular complexity index is 1600. The number of halogens is 1. The number of aryl methyl sites for hydroxylation is 1. The van der Waals surface area contributed by atoms with Crippen LogP contribution in [0.2, 0.25) is 5.15 Å². The van der Waals surface area contributed by atoms with Gasteiger partial charge in [-0.1, -0.05) is 85.6 Å². The summed E-state index contributed by atoms with van der Waals surface area (Å²) in [6.45, 7) is 2.50. The molecular formula is C30H30ClN7O3. The first-order chi connectivity index (χ1) is 19.9. The van der Waals surface area contributed by atoms with E-state index in [4.69, 9.17) is 22.1 Å². The van der Waals surface area contributed by atoms with E-state index in [0.717, 1.165) is 46.5 Å². The molecule has 0 saturated heterocycles. The SMILES string of the molecule is CCCCc1nc(Cl)c(OC(=O)[C@H](N)Cc2ccc(O)cc2)n1Cc1ccc(-c2ccccc2-c2nn[nH]n2)cc1. The maximum atomic E-state index is 13.0. The number of aromatic nitrogens is 6. The lowest BCUT2D eigenvalue weighted by atomic mass is 9.98. The predicted octanol–water partition coefficient (Wildman–Crippen LogP) is 4.96. The summed E-state index contributed by atoms with van der Waals surface area (Å²) in [4.78, 5) is 17.5. The van der Waals surface area contributed by atoms with Crippen molar-refractivity contribution >= 4 is 17.6 Å². The molecule has 2 aromatic heterocycles. The molecule has 0 fully saturated rings. The Morgan fingerprint density at radius 3 is 2.44 bits per heavy atom. The van der Waals surface area contributed by atoms with Crippen molar-refractivity contribution in [2.24, 2.45) is 5.73 Å². The molecule has 4 N–H and O–H groups in total. The Morgan fingerprint density at radius 2 is 1.76 bits per heavy atom. The van der Waals surface area contributed by atoms with Gasteiger partial charge in [-0.25, -0.2) is 9.78 Å². The van der Waals surface area contributed by atoms with Gasteiger partial charge >= 0.3 is 5.97 Å². The molecule has 0 spiro atoms. The highest BCUT2D eigenvalue weighted by atomic mass is 35.5. The minimum absolute atomic E-state index is 0.118. The second kappa shape index (κ2) is 12.8. The molecular weight excluding hydrogens is 542 g/mol. The predicted molar refractivity (Wildman–Crippen MR) is 155 cm³/mol. The van der Waals surface area contributed by atoms with E-state index < -0.39 is 12.0 Å². The Kier molecular flexibility index (Phi) is 8.71. The van der Waals surface area contributed by atoms with Crippen LogP contribution in [-0.2, 0) is 24.2 Å². The fraction of sp³-hybridized carbons (Fsp3) is 0.233. The molecule has 0 saturated carbocycles. The number of hydrogen-bond acceptors (Lipinski definition) is 8. The van der Waals surface area contributed by atoms with Crippen LogP contribution in [0.15, 0.2) is 72.8 Å². The van der Waals surface area contributed by atoms with E-state index in [1.165, 1.54) is 0 Å². The summed E-state index contributed by atoms with van der Waals surface area (Å²) in [5.41, 5.74) is 10.8. The molecule has 0 radical (unpaired) electrons. The number of imidazole rings is 1. The van der Waals surface area contributed by atoms with Crippen molar-refractivity contribution in [1.29, 1.82) is 0 Å². The largest absolute Gasteiger partial charge is 0.508 e. The smallest absolute Gasteiger partial charge is 0.330 e. The fourth-order valence-electron chi connectivity index (χ4n) is 4.55. The second-order valence-electron chi connectivity index (χ2n) is 9.69. The van der Waals surface area contributed by atoms with Gasteiger partial charge in [0.15, 0.2) is 5.15 Å². The summed E-state index contributed by atoms with van der Waals surface area (Å²) < 4.78 is 7.59. The molecule has 11 heteroatoms. The topological polar surface area (TPSA) is 145 Å². The molecule has 10 nitrogen and oxygen atoms in total. The van der Waals surface area contributed by atoms with Crippen LogP contribution in [0, 0.1) is 0 Å². The van der Waals surface area contributed by atoms with E-state index in [0.29, 0.717) is 18.8 Å². The number of nitrogens with one attached hydrogen (secondary N) is 1. The molecule has 5 rings (SSSR count). The number of nitrogens with zero attached hydrogens (tertiary/aromatic N) is 5. The van der Waals surface area contributed by atoms with Gasteiger partial charge in [-0.05, 0) is 52.4 Å². The summed E-state index contributed by atoms with van der Waals surface area (Å²) in [6, 6.07) is 21.6. The van der Waals surface area contributed by atoms with Gasteiger partial charge in [-0.3, -0.25) is 4.57 Å². The number of benzene rings is 3. The molecule has 3 aromatic carbocycles. The lowest BCUT2D eigenvalue weighted by Gasteiger charge is -2.15. The van der Waals surface area contributed by atoms with E-state index in [2.05, 4.69) is 32.5 Å². The third-order valence-electron chi connectivity index (χ3n) is 6.73. The Labute approximate surface area is 242 Å². The van der Waals surface area contributed by atoms with Crippen LogP contribution >= 0.6 is 11.6 Å². The van der Waals surface area contributed by atoms with Crippen molar-refractivity contribution in [3.63, 3.8) is 0 Å². The van der Waals surface area contributed by atoms with Crippen LogP contribution in [0.4, 0.5) is 0 Å². The van der Waals surface area contributed by atoms with Gasteiger partial charge in [0.25, 0.3) is 0 Å². The van der Waals surface area contributed by atoms with Gasteiger partial charge in [-0.15, -0.1) is 10.2 Å². The van der Waals surface area contributed by atoms with Crippen molar-refractivity contribution in [1.82, 2.24) is 30.2 Å². The van der Waals surface area contributed by atoms with Crippen LogP contribution < -0.4 is 10.5 Å². The maximum absolute atomic E-state index is 13.0. The van der Waals surface area contributed by atoms with Gasteiger partial charge < -0.3 is 15.6 Å². The van der Waals surface area contributed by atoms with Crippen molar-refractivity contribution in [2.45, 2.75) is 45.2 Å². The Hall–Kier alpha value is -4.54. The number of rotatable bonds is 11. The van der Waals surface area contributed by atoms with Crippen LogP contribution in [0.5, 0.6) is 11.6 Å². The molecule has 0 unspecified atom stereocenters. The number of aromatic amines is 1. The highest BCUT2D eigenvalue weighted by molar-refractivity contribution is 6.30. The summed E-state index contributed by atoms with van der Waals surface area (Å²) in [7, 11) is 0. The number of carbonyl (C=O) groups is 1. The molecule has 0 aliphatic carbocycles. The van der Waals surface area contributed by atoms with Crippen LogP contribution in [0.3, 0.4) is 0 Å². The number of nitrogens with two attached hydrogens (primary N) is 1. The molecule has 41 heavy (non-hydrogen) atoms. The lowest BCUT2D eigenvalue weighted by molar-refractivity contribution is -0.136. The van der Waals surface area contributed by atoms with E-state index >= 15 is 0 Å². The first-order valence-corrected chi connectivity index (χ1v) is 13.7. The van der Waals surface area contributed by atoms with Gasteiger partial charge in [0.1, 0.15) is 17.6 Å². The number of carbonyl (C=O) groups excluding carboxylic acids is 1. The zero-order valence-corrected chi connectivity index (χ0v) is 23.3. The maximum Gasteiger partial charge on any atom is 0.330 e. The average Bonchev–Trinajstić information content (AvgIpc) is 3.62. The molecule has 2 heterocycles. The molecule has 0 aliphatic heterocycles. The number of H-pyrrole nitrogens is 1. The van der Waals surface area contributed by atoms with Gasteiger partial charge in [0.05, 0.1) is 6.54 Å². The highest BCUT2D eigenvalue weighted by Crippen LogP contribution is 2.31. The van der Waals surface area contributed by atoms with Crippen molar-refractivity contribution < 1.29 is 14.6 Å². The zero-order valence-electron chi connectivity index (χ0n) is 22.5. The summed E-state index contributed by atoms with van der Waals surface area (Å²) in [5, 5.41) is 24.1. The molecule has 210 valence electrons. The van der Waals surface area contributed by atoms with Crippen LogP contribution in [-0.4, -0.2) is 47.3 Å². The fourth-order valence-corrected chi connectivity index (χ4v) is 4.79. The zero-order chi connectivity index (χ0) is 28.8. The number of hydrogen-bond donors (Lipinski definition) is 3. The van der Waals surface area contributed by atoms with E-state index in [9.17, 15) is 9.90 Å². The first-order valence-electron chi connectivity index (χ1n) is 13.3. The van der Waals surface area contributed by atoms with Crippen LogP contribution in [0.1, 0.15) is 36.7 Å². The van der Waals surface area contributed by atoms with E-state index in [-0.39, 0.29) is 23.2 Å². The Morgan fingerprint density at radius 1 is 1.05 bits per heavy atom. The third-order valence-corrected chi connectivity index (χ3v) is 6.97. The van der Waals surface area contributed by atoms with Gasteiger partial charge in [0.2, 0.25) is 11.7 Å². The quantitative estimate of drug-likeness (QED) is 0.189. The average molecular weight is 572 g/mol. The standard InChI is InChI=1S/C30H30ClN7O3/c1-2-3-8-26-33-27(31)29(41-30(40)25(32)17-19-11-15-22(39)16-12-19)38(26)18-20-9-13-21(14-10-20)23-6-4-5-7-24(23)28-34-36-37-35-28/h4-7,9-16,25,39H,2-3,8,17-18,32H2,1H3,(H,34,35,36,37)/t25-/m1/s1. The molecule has 5 aromatic rings. The minimum atomic E-state index is -0.920. The van der Waals surface area contributed by atoms with Gasteiger partial charge in [-0.2, -0.15) is 5.21 Å². The molecule has 1 atom stereocenters. The number of aromatic hydroxyl groups is 1. The van der Waals surface area contributed by atoms with Crippen molar-refractivity contribution in [3.8, 4) is 34.1 Å². The lowest BCUT2D eigenvalue weighted by Crippen LogP contribution is -2.36. The Balaban J connectivity index is 1.37. The number of phenols is 1.